The highest BCUT2D eigenvalue weighted by Crippen LogP contribution is 2.46. The zero-order valence-electron chi connectivity index (χ0n) is 12.9. The monoisotopic (exact) mass is 419 g/mol. The van der Waals surface area contributed by atoms with E-state index in [1.54, 1.807) is 18.2 Å². The van der Waals surface area contributed by atoms with Crippen LogP contribution in [-0.2, 0) is 4.79 Å². The van der Waals surface area contributed by atoms with Gasteiger partial charge in [-0.15, -0.1) is 11.3 Å². The molecule has 1 N–H and O–H groups in total. The first-order valence-electron chi connectivity index (χ1n) is 7.65. The molecule has 2 heterocycles. The molecule has 25 heavy (non-hydrogen) atoms. The van der Waals surface area contributed by atoms with E-state index in [1.807, 2.05) is 11.4 Å². The molecule has 3 aromatic rings. The Labute approximate surface area is 155 Å². The van der Waals surface area contributed by atoms with Crippen LogP contribution < -0.4 is 5.32 Å². The Morgan fingerprint density at radius 2 is 2.00 bits per heavy atom. The average Bonchev–Trinajstić information content (AvgIpc) is 3.00. The molecule has 126 valence electrons. The number of nitrogens with one attached hydrogen (secondary N) is 1. The summed E-state index contributed by atoms with van der Waals surface area (Å²) < 4.78 is 27.5. The number of carbonyl (C=O) groups excluding carboxylic acids is 1. The molecule has 0 unspecified atom stereocenters. The molecule has 1 atom stereocenters. The van der Waals surface area contributed by atoms with E-state index in [0.29, 0.717) is 10.9 Å². The Balaban J connectivity index is 1.82. The number of carbonyl (C=O) groups is 1. The number of amides is 1. The molecule has 0 bridgehead atoms. The first kappa shape index (κ1) is 16.4. The number of hydrogen-bond acceptors (Lipinski definition) is 2. The van der Waals surface area contributed by atoms with E-state index in [2.05, 4.69) is 21.2 Å². The van der Waals surface area contributed by atoms with Crippen molar-refractivity contribution in [3.8, 4) is 11.1 Å². The van der Waals surface area contributed by atoms with Crippen molar-refractivity contribution in [1.29, 1.82) is 0 Å². The van der Waals surface area contributed by atoms with Crippen LogP contribution in [0.2, 0.25) is 0 Å². The number of anilines is 1. The Kier molecular flexibility index (Phi) is 4.17. The molecule has 0 spiro atoms. The van der Waals surface area contributed by atoms with Crippen LogP contribution in [0.15, 0.2) is 52.3 Å². The summed E-state index contributed by atoms with van der Waals surface area (Å²) in [7, 11) is 0. The highest BCUT2D eigenvalue weighted by Gasteiger charge is 2.30. The molecule has 0 aliphatic carbocycles. The Bertz CT molecular complexity index is 985. The van der Waals surface area contributed by atoms with Gasteiger partial charge in [0.15, 0.2) is 0 Å². The smallest absolute Gasteiger partial charge is 0.225 e. The minimum Gasteiger partial charge on any atom is -0.325 e. The maximum atomic E-state index is 13.6. The van der Waals surface area contributed by atoms with Gasteiger partial charge in [0.1, 0.15) is 11.6 Å². The number of benzene rings is 2. The van der Waals surface area contributed by atoms with Crippen molar-refractivity contribution in [2.24, 2.45) is 0 Å². The third-order valence-electron chi connectivity index (χ3n) is 4.27. The minimum atomic E-state index is -0.337. The van der Waals surface area contributed by atoms with E-state index < -0.39 is 0 Å². The van der Waals surface area contributed by atoms with Gasteiger partial charge in [-0.2, -0.15) is 0 Å². The quantitative estimate of drug-likeness (QED) is 0.547. The fourth-order valence-electron chi connectivity index (χ4n) is 3.09. The van der Waals surface area contributed by atoms with Crippen LogP contribution in [-0.4, -0.2) is 5.91 Å². The Morgan fingerprint density at radius 3 is 2.76 bits per heavy atom. The van der Waals surface area contributed by atoms with Gasteiger partial charge in [-0.1, -0.05) is 18.2 Å². The van der Waals surface area contributed by atoms with E-state index >= 15 is 0 Å². The van der Waals surface area contributed by atoms with Gasteiger partial charge < -0.3 is 5.32 Å². The minimum absolute atomic E-state index is 0.103. The van der Waals surface area contributed by atoms with Gasteiger partial charge in [-0.05, 0) is 51.3 Å². The van der Waals surface area contributed by atoms with Crippen LogP contribution in [0.5, 0.6) is 0 Å². The second-order valence-electron chi connectivity index (χ2n) is 5.88. The standard InChI is InChI=1S/C19H12BrF2NOS/c20-15-7-11(4-5-16(15)22)13-8-17(24)23-18-14(9-25-19(13)18)10-2-1-3-12(21)6-10/h1-7,9,13H,8H2,(H,23,24)/t13-/m0/s1. The summed E-state index contributed by atoms with van der Waals surface area (Å²) in [5.41, 5.74) is 3.12. The zero-order valence-corrected chi connectivity index (χ0v) is 15.3. The van der Waals surface area contributed by atoms with Crippen LogP contribution in [0, 0.1) is 11.6 Å². The highest BCUT2D eigenvalue weighted by atomic mass is 79.9. The molecule has 0 radical (unpaired) electrons. The van der Waals surface area contributed by atoms with Crippen LogP contribution in [0.3, 0.4) is 0 Å². The van der Waals surface area contributed by atoms with Gasteiger partial charge in [0.25, 0.3) is 0 Å². The topological polar surface area (TPSA) is 29.1 Å². The molecule has 6 heteroatoms. The van der Waals surface area contributed by atoms with Gasteiger partial charge >= 0.3 is 0 Å². The Morgan fingerprint density at radius 1 is 1.16 bits per heavy atom. The summed E-state index contributed by atoms with van der Waals surface area (Å²) in [5, 5.41) is 4.84. The predicted octanol–water partition coefficient (Wildman–Crippen LogP) is 5.93. The van der Waals surface area contributed by atoms with Crippen molar-refractivity contribution >= 4 is 38.9 Å². The number of thiophene rings is 1. The fraction of sp³-hybridized carbons (Fsp3) is 0.105. The molecular formula is C19H12BrF2NOS. The lowest BCUT2D eigenvalue weighted by atomic mass is 9.89. The second kappa shape index (κ2) is 6.35. The first-order valence-corrected chi connectivity index (χ1v) is 9.32. The van der Waals surface area contributed by atoms with E-state index in [1.165, 1.54) is 29.5 Å². The maximum absolute atomic E-state index is 13.6. The summed E-state index contributed by atoms with van der Waals surface area (Å²) in [5.74, 6) is -0.906. The molecule has 1 aliphatic rings. The predicted molar refractivity (Wildman–Crippen MR) is 98.9 cm³/mol. The summed E-state index contributed by atoms with van der Waals surface area (Å²) in [4.78, 5) is 13.2. The number of halogens is 3. The van der Waals surface area contributed by atoms with Crippen molar-refractivity contribution in [1.82, 2.24) is 0 Å². The van der Waals surface area contributed by atoms with E-state index in [4.69, 9.17) is 0 Å². The molecule has 1 aliphatic heterocycles. The van der Waals surface area contributed by atoms with Crippen molar-refractivity contribution < 1.29 is 13.6 Å². The van der Waals surface area contributed by atoms with Crippen LogP contribution in [0.1, 0.15) is 22.8 Å². The number of fused-ring (bicyclic) bond motifs is 1. The van der Waals surface area contributed by atoms with Crippen molar-refractivity contribution in [2.75, 3.05) is 5.32 Å². The SMILES string of the molecule is O=C1C[C@@H](c2ccc(F)c(Br)c2)c2scc(-c3cccc(F)c3)c2N1. The molecule has 0 saturated heterocycles. The van der Waals surface area contributed by atoms with Gasteiger partial charge in [-0.3, -0.25) is 4.79 Å². The normalized spacial score (nSPS) is 16.4. The molecule has 2 aromatic carbocycles. The molecule has 1 amide bonds. The lowest BCUT2D eigenvalue weighted by Crippen LogP contribution is -2.22. The Hall–Kier alpha value is -2.05. The highest BCUT2D eigenvalue weighted by molar-refractivity contribution is 9.10. The van der Waals surface area contributed by atoms with Crippen LogP contribution in [0.4, 0.5) is 14.5 Å². The fourth-order valence-corrected chi connectivity index (χ4v) is 4.65. The van der Waals surface area contributed by atoms with Gasteiger partial charge in [0, 0.05) is 28.2 Å². The van der Waals surface area contributed by atoms with Crippen molar-refractivity contribution in [2.45, 2.75) is 12.3 Å². The summed E-state index contributed by atoms with van der Waals surface area (Å²) in [6.45, 7) is 0. The van der Waals surface area contributed by atoms with Gasteiger partial charge in [0.2, 0.25) is 5.91 Å². The maximum Gasteiger partial charge on any atom is 0.225 e. The summed E-state index contributed by atoms with van der Waals surface area (Å²) in [6.07, 6.45) is 0.300. The van der Waals surface area contributed by atoms with Crippen LogP contribution >= 0.6 is 27.3 Å². The molecule has 0 saturated carbocycles. The van der Waals surface area contributed by atoms with Crippen molar-refractivity contribution in [3.63, 3.8) is 0 Å². The third-order valence-corrected chi connectivity index (χ3v) is 5.98. The van der Waals surface area contributed by atoms with Crippen molar-refractivity contribution in [3.05, 3.63) is 74.4 Å². The van der Waals surface area contributed by atoms with Gasteiger partial charge in [-0.25, -0.2) is 8.78 Å². The summed E-state index contributed by atoms with van der Waals surface area (Å²) >= 11 is 4.73. The van der Waals surface area contributed by atoms with Gasteiger partial charge in [0.05, 0.1) is 10.2 Å². The molecule has 0 fully saturated rings. The van der Waals surface area contributed by atoms with E-state index in [0.717, 1.165) is 27.3 Å². The van der Waals surface area contributed by atoms with E-state index in [9.17, 15) is 13.6 Å². The summed E-state index contributed by atoms with van der Waals surface area (Å²) in [6, 6.07) is 11.1. The average molecular weight is 420 g/mol. The zero-order chi connectivity index (χ0) is 17.6. The second-order valence-corrected chi connectivity index (χ2v) is 7.64. The lowest BCUT2D eigenvalue weighted by molar-refractivity contribution is -0.116. The number of rotatable bonds is 2. The first-order chi connectivity index (χ1) is 12.0. The number of hydrogen-bond donors (Lipinski definition) is 1. The largest absolute Gasteiger partial charge is 0.325 e. The molecule has 1 aromatic heterocycles. The molecule has 4 rings (SSSR count). The molecular weight excluding hydrogens is 408 g/mol. The third kappa shape index (κ3) is 3.00. The van der Waals surface area contributed by atoms with E-state index in [-0.39, 0.29) is 23.5 Å². The molecule has 2 nitrogen and oxygen atoms in total. The lowest BCUT2D eigenvalue weighted by Gasteiger charge is -2.24. The van der Waals surface area contributed by atoms with Crippen LogP contribution in [0.25, 0.3) is 11.1 Å².